The van der Waals surface area contributed by atoms with E-state index in [0.717, 1.165) is 31.4 Å². The second-order valence-corrected chi connectivity index (χ2v) is 8.22. The summed E-state index contributed by atoms with van der Waals surface area (Å²) in [6, 6.07) is 7.71. The highest BCUT2D eigenvalue weighted by atomic mass is 35.5. The van der Waals surface area contributed by atoms with Crippen LogP contribution in [0.5, 0.6) is 0 Å². The van der Waals surface area contributed by atoms with Gasteiger partial charge >= 0.3 is 0 Å². The quantitative estimate of drug-likeness (QED) is 0.612. The normalized spacial score (nSPS) is 15.7. The van der Waals surface area contributed by atoms with Crippen molar-refractivity contribution in [3.8, 4) is 0 Å². The van der Waals surface area contributed by atoms with Crippen LogP contribution >= 0.6 is 34.8 Å². The van der Waals surface area contributed by atoms with Gasteiger partial charge in [0, 0.05) is 24.2 Å². The van der Waals surface area contributed by atoms with Gasteiger partial charge in [0.1, 0.15) is 11.3 Å². The van der Waals surface area contributed by atoms with Gasteiger partial charge in [0.25, 0.3) is 0 Å². The van der Waals surface area contributed by atoms with E-state index < -0.39 is 0 Å². The Kier molecular flexibility index (Phi) is 5.92. The molecule has 0 spiro atoms. The third kappa shape index (κ3) is 4.48. The molecular formula is C19H17Cl3FN5O. The van der Waals surface area contributed by atoms with Gasteiger partial charge in [-0.05, 0) is 37.1 Å². The van der Waals surface area contributed by atoms with E-state index in [1.165, 1.54) is 24.3 Å². The number of hydrogen-bond acceptors (Lipinski definition) is 4. The number of hydrogen-bond donors (Lipinski definition) is 1. The third-order valence-electron chi connectivity index (χ3n) is 4.97. The van der Waals surface area contributed by atoms with E-state index in [-0.39, 0.29) is 24.3 Å². The lowest BCUT2D eigenvalue weighted by atomic mass is 10.0. The van der Waals surface area contributed by atoms with Crippen LogP contribution in [-0.2, 0) is 4.79 Å². The second-order valence-electron chi connectivity index (χ2n) is 6.97. The third-order valence-corrected chi connectivity index (χ3v) is 5.79. The van der Waals surface area contributed by atoms with Crippen molar-refractivity contribution in [1.29, 1.82) is 0 Å². The summed E-state index contributed by atoms with van der Waals surface area (Å²) in [4.78, 5) is 14.5. The minimum absolute atomic E-state index is 0.157. The molecule has 1 saturated heterocycles. The Bertz CT molecular complexity index is 1040. The number of likely N-dealkylation sites (tertiary alicyclic amines) is 1. The number of piperidine rings is 1. The molecular weight excluding hydrogens is 440 g/mol. The number of carbonyl (C=O) groups is 1. The molecule has 6 nitrogen and oxygen atoms in total. The molecule has 10 heteroatoms. The molecule has 0 aliphatic carbocycles. The molecule has 1 amide bonds. The molecule has 0 atom stereocenters. The average molecular weight is 457 g/mol. The minimum Gasteiger partial charge on any atom is -0.322 e. The number of aromatic nitrogens is 3. The summed E-state index contributed by atoms with van der Waals surface area (Å²) in [6.45, 7) is 1.68. The van der Waals surface area contributed by atoms with Crippen molar-refractivity contribution >= 4 is 57.4 Å². The summed E-state index contributed by atoms with van der Waals surface area (Å²) >= 11 is 18.1. The topological polar surface area (TPSA) is 63.1 Å². The fraction of sp³-hybridized carbons (Fsp3) is 0.316. The van der Waals surface area contributed by atoms with Crippen LogP contribution in [0.15, 0.2) is 30.3 Å². The van der Waals surface area contributed by atoms with E-state index in [1.807, 2.05) is 4.68 Å². The molecule has 0 radical (unpaired) electrons. The lowest BCUT2D eigenvalue weighted by molar-refractivity contribution is -0.117. The second kappa shape index (κ2) is 8.44. The van der Waals surface area contributed by atoms with Gasteiger partial charge in [-0.3, -0.25) is 9.69 Å². The summed E-state index contributed by atoms with van der Waals surface area (Å²) in [5.74, 6) is -0.525. The van der Waals surface area contributed by atoms with Crippen molar-refractivity contribution in [2.24, 2.45) is 0 Å². The number of anilines is 1. The largest absolute Gasteiger partial charge is 0.322 e. The van der Waals surface area contributed by atoms with E-state index in [0.29, 0.717) is 26.3 Å². The Balaban J connectivity index is 1.36. The number of nitrogens with one attached hydrogen (secondary N) is 1. The highest BCUT2D eigenvalue weighted by molar-refractivity contribution is 6.42. The van der Waals surface area contributed by atoms with Crippen LogP contribution in [0, 0.1) is 5.82 Å². The summed E-state index contributed by atoms with van der Waals surface area (Å²) in [7, 11) is 0. The molecule has 0 unspecified atom stereocenters. The molecule has 1 aliphatic rings. The Morgan fingerprint density at radius 1 is 1.14 bits per heavy atom. The monoisotopic (exact) mass is 455 g/mol. The van der Waals surface area contributed by atoms with Crippen LogP contribution in [0.4, 0.5) is 10.1 Å². The molecule has 1 N–H and O–H groups in total. The number of benzene rings is 2. The van der Waals surface area contributed by atoms with Crippen molar-refractivity contribution in [1.82, 2.24) is 19.9 Å². The predicted octanol–water partition coefficient (Wildman–Crippen LogP) is 4.81. The average Bonchev–Trinajstić information content (AvgIpc) is 3.08. The number of fused-ring (bicyclic) bond motifs is 1. The van der Waals surface area contributed by atoms with E-state index in [1.54, 1.807) is 6.07 Å². The van der Waals surface area contributed by atoms with Crippen LogP contribution in [-0.4, -0.2) is 45.4 Å². The molecule has 152 valence electrons. The number of halogens is 4. The molecule has 3 aromatic rings. The van der Waals surface area contributed by atoms with E-state index in [9.17, 15) is 9.18 Å². The molecule has 2 heterocycles. The maximum atomic E-state index is 13.3. The van der Waals surface area contributed by atoms with Crippen molar-refractivity contribution < 1.29 is 9.18 Å². The van der Waals surface area contributed by atoms with Crippen molar-refractivity contribution in [2.75, 3.05) is 25.0 Å². The molecule has 4 rings (SSSR count). The summed E-state index contributed by atoms with van der Waals surface area (Å²) < 4.78 is 15.2. The highest BCUT2D eigenvalue weighted by Gasteiger charge is 2.24. The summed E-state index contributed by atoms with van der Waals surface area (Å²) in [5.41, 5.74) is 1.72. The smallest absolute Gasteiger partial charge is 0.238 e. The Morgan fingerprint density at radius 3 is 2.52 bits per heavy atom. The minimum atomic E-state index is -0.328. The number of nitrogens with zero attached hydrogens (tertiary/aromatic N) is 4. The van der Waals surface area contributed by atoms with Gasteiger partial charge in [0.15, 0.2) is 0 Å². The highest BCUT2D eigenvalue weighted by Crippen LogP contribution is 2.33. The number of carbonyl (C=O) groups excluding carboxylic acids is 1. The SMILES string of the molecule is O=C(CN1CCC(n2nnc3cc(F)ccc32)CC1)Nc1c(Cl)cc(Cl)cc1Cl. The molecule has 1 aliphatic heterocycles. The molecule has 2 aromatic carbocycles. The van der Waals surface area contributed by atoms with Gasteiger partial charge < -0.3 is 5.32 Å². The van der Waals surface area contributed by atoms with Crippen molar-refractivity contribution in [3.63, 3.8) is 0 Å². The first kappa shape index (κ1) is 20.3. The fourth-order valence-electron chi connectivity index (χ4n) is 3.55. The Morgan fingerprint density at radius 2 is 1.83 bits per heavy atom. The lowest BCUT2D eigenvalue weighted by Gasteiger charge is -2.31. The van der Waals surface area contributed by atoms with Crippen LogP contribution in [0.1, 0.15) is 18.9 Å². The number of amides is 1. The zero-order valence-electron chi connectivity index (χ0n) is 15.2. The lowest BCUT2D eigenvalue weighted by Crippen LogP contribution is -2.40. The maximum Gasteiger partial charge on any atom is 0.238 e. The van der Waals surface area contributed by atoms with Gasteiger partial charge in [0.2, 0.25) is 5.91 Å². The predicted molar refractivity (Wildman–Crippen MR) is 112 cm³/mol. The fourth-order valence-corrected chi connectivity index (χ4v) is 4.46. The molecule has 1 aromatic heterocycles. The zero-order valence-corrected chi connectivity index (χ0v) is 17.5. The van der Waals surface area contributed by atoms with Gasteiger partial charge in [-0.25, -0.2) is 9.07 Å². The van der Waals surface area contributed by atoms with Gasteiger partial charge in [-0.15, -0.1) is 5.10 Å². The van der Waals surface area contributed by atoms with Crippen molar-refractivity contribution in [2.45, 2.75) is 18.9 Å². The zero-order chi connectivity index (χ0) is 20.5. The van der Waals surface area contributed by atoms with Crippen molar-refractivity contribution in [3.05, 3.63) is 51.2 Å². The van der Waals surface area contributed by atoms with E-state index in [2.05, 4.69) is 20.5 Å². The number of rotatable bonds is 4. The molecule has 29 heavy (non-hydrogen) atoms. The summed E-state index contributed by atoms with van der Waals surface area (Å²) in [6.07, 6.45) is 1.62. The van der Waals surface area contributed by atoms with Gasteiger partial charge in [-0.2, -0.15) is 0 Å². The molecule has 1 fully saturated rings. The van der Waals surface area contributed by atoms with Crippen LogP contribution in [0.3, 0.4) is 0 Å². The Labute approximate surface area is 181 Å². The first-order chi connectivity index (χ1) is 13.9. The van der Waals surface area contributed by atoms with Gasteiger partial charge in [-0.1, -0.05) is 40.0 Å². The first-order valence-corrected chi connectivity index (χ1v) is 10.2. The van der Waals surface area contributed by atoms with E-state index in [4.69, 9.17) is 34.8 Å². The van der Waals surface area contributed by atoms with Crippen LogP contribution in [0.25, 0.3) is 11.0 Å². The van der Waals surface area contributed by atoms with Gasteiger partial charge in [0.05, 0.1) is 33.8 Å². The molecule has 0 bridgehead atoms. The first-order valence-electron chi connectivity index (χ1n) is 9.08. The summed E-state index contributed by atoms with van der Waals surface area (Å²) in [5, 5.41) is 12.0. The maximum absolute atomic E-state index is 13.3. The Hall–Kier alpha value is -1.93. The van der Waals surface area contributed by atoms with Crippen LogP contribution < -0.4 is 5.32 Å². The van der Waals surface area contributed by atoms with E-state index >= 15 is 0 Å². The standard InChI is InChI=1S/C19H17Cl3FN5O/c20-11-7-14(21)19(15(22)8-11)24-18(29)10-27-5-3-13(4-6-27)28-17-2-1-12(23)9-16(17)25-26-28/h1-2,7-9,13H,3-6,10H2,(H,24,29). The van der Waals surface area contributed by atoms with Crippen LogP contribution in [0.2, 0.25) is 15.1 Å². The molecule has 0 saturated carbocycles.